The van der Waals surface area contributed by atoms with Crippen LogP contribution in [0.2, 0.25) is 0 Å². The Kier molecular flexibility index (Phi) is 12.5. The van der Waals surface area contributed by atoms with Crippen LogP contribution in [-0.2, 0) is 24.5 Å². The van der Waals surface area contributed by atoms with Crippen molar-refractivity contribution in [3.63, 3.8) is 0 Å². The maximum atomic E-state index is 13.2. The zero-order chi connectivity index (χ0) is 35.4. The average Bonchev–Trinajstić information content (AvgIpc) is 3.09. The van der Waals surface area contributed by atoms with Gasteiger partial charge >= 0.3 is 0 Å². The summed E-state index contributed by atoms with van der Waals surface area (Å²) in [6.07, 6.45) is 4.37. The molecule has 1 aliphatic heterocycles. The Morgan fingerprint density at radius 2 is 1.59 bits per heavy atom. The van der Waals surface area contributed by atoms with Gasteiger partial charge in [0, 0.05) is 43.9 Å². The summed E-state index contributed by atoms with van der Waals surface area (Å²) in [5.74, 6) is -0.355. The molecule has 0 atom stereocenters. The van der Waals surface area contributed by atoms with Gasteiger partial charge in [0.15, 0.2) is 18.1 Å². The van der Waals surface area contributed by atoms with E-state index in [2.05, 4.69) is 42.9 Å². The number of methoxy groups -OCH3 is 1. The van der Waals surface area contributed by atoms with Crippen LogP contribution >= 0.6 is 0 Å². The van der Waals surface area contributed by atoms with Crippen LogP contribution in [-0.4, -0.2) is 98.1 Å². The summed E-state index contributed by atoms with van der Waals surface area (Å²) in [6, 6.07) is 14.1. The third-order valence-electron chi connectivity index (χ3n) is 7.69. The van der Waals surface area contributed by atoms with Gasteiger partial charge in [-0.1, -0.05) is 39.0 Å². The SMILES string of the molecule is COC1=C=C(O)C=C=CC=C1C(=O)N1CCN(C(=O)COc2cccc(OCCNC(=O)CNC(=O)c3ccc(C(C)(C)C)cc3)c2)CC1. The van der Waals surface area contributed by atoms with Crippen LogP contribution in [0.5, 0.6) is 11.5 Å². The number of benzene rings is 2. The molecule has 3 N–H and O–H groups in total. The number of nitrogens with zero attached hydrogens (tertiary/aromatic N) is 2. The van der Waals surface area contributed by atoms with E-state index in [9.17, 15) is 24.3 Å². The molecule has 1 saturated heterocycles. The Balaban J connectivity index is 1.15. The number of carbonyl (C=O) groups is 4. The molecule has 4 rings (SSSR count). The van der Waals surface area contributed by atoms with E-state index in [4.69, 9.17) is 14.2 Å². The molecule has 1 aliphatic carbocycles. The summed E-state index contributed by atoms with van der Waals surface area (Å²) in [5.41, 5.74) is 7.18. The van der Waals surface area contributed by atoms with E-state index in [1.54, 1.807) is 52.3 Å². The summed E-state index contributed by atoms with van der Waals surface area (Å²) in [4.78, 5) is 53.9. The Bertz CT molecular complexity index is 1700. The van der Waals surface area contributed by atoms with Gasteiger partial charge in [0.05, 0.1) is 25.8 Å². The number of rotatable bonds is 12. The lowest BCUT2D eigenvalue weighted by Gasteiger charge is -2.35. The Morgan fingerprint density at radius 1 is 0.918 bits per heavy atom. The minimum absolute atomic E-state index is 0.0176. The van der Waals surface area contributed by atoms with Gasteiger partial charge in [0.2, 0.25) is 5.91 Å². The molecule has 0 unspecified atom stereocenters. The third kappa shape index (κ3) is 10.7. The topological polar surface area (TPSA) is 147 Å². The highest BCUT2D eigenvalue weighted by molar-refractivity contribution is 5.98. The summed E-state index contributed by atoms with van der Waals surface area (Å²) >= 11 is 0. The summed E-state index contributed by atoms with van der Waals surface area (Å²) < 4.78 is 16.7. The van der Waals surface area contributed by atoms with Crippen molar-refractivity contribution in [1.29, 1.82) is 0 Å². The highest BCUT2D eigenvalue weighted by Crippen LogP contribution is 2.23. The second-order valence-electron chi connectivity index (χ2n) is 12.2. The third-order valence-corrected chi connectivity index (χ3v) is 7.69. The van der Waals surface area contributed by atoms with Crippen LogP contribution in [0.15, 0.2) is 95.3 Å². The first kappa shape index (κ1) is 36.1. The zero-order valence-electron chi connectivity index (χ0n) is 28.2. The van der Waals surface area contributed by atoms with Gasteiger partial charge in [-0.2, -0.15) is 0 Å². The molecule has 0 bridgehead atoms. The van der Waals surface area contributed by atoms with Gasteiger partial charge in [-0.25, -0.2) is 0 Å². The normalized spacial score (nSPS) is 14.4. The lowest BCUT2D eigenvalue weighted by Crippen LogP contribution is -2.52. The molecule has 0 spiro atoms. The van der Waals surface area contributed by atoms with Gasteiger partial charge < -0.3 is 39.8 Å². The average molecular weight is 671 g/mol. The minimum atomic E-state index is -0.343. The van der Waals surface area contributed by atoms with Crippen molar-refractivity contribution in [3.8, 4) is 11.5 Å². The van der Waals surface area contributed by atoms with Gasteiger partial charge in [-0.3, -0.25) is 19.2 Å². The van der Waals surface area contributed by atoms with Gasteiger partial charge in [-0.15, -0.1) is 5.73 Å². The number of carbonyl (C=O) groups excluding carboxylic acids is 4. The maximum absolute atomic E-state index is 13.2. The molecule has 12 nitrogen and oxygen atoms in total. The Labute approximate surface area is 286 Å². The molecule has 1 fully saturated rings. The fraction of sp³-hybridized carbons (Fsp3) is 0.351. The molecular weight excluding hydrogens is 628 g/mol. The number of aliphatic hydroxyl groups excluding tert-OH is 1. The lowest BCUT2D eigenvalue weighted by molar-refractivity contribution is -0.139. The van der Waals surface area contributed by atoms with E-state index in [0.29, 0.717) is 43.2 Å². The van der Waals surface area contributed by atoms with E-state index in [0.717, 1.165) is 5.56 Å². The molecule has 1 heterocycles. The molecule has 2 aromatic rings. The lowest BCUT2D eigenvalue weighted by atomic mass is 9.87. The molecule has 258 valence electrons. The number of piperazine rings is 1. The largest absolute Gasteiger partial charge is 0.501 e. The monoisotopic (exact) mass is 670 g/mol. The number of aliphatic hydroxyl groups is 1. The molecule has 2 aliphatic rings. The van der Waals surface area contributed by atoms with Crippen LogP contribution < -0.4 is 20.1 Å². The summed E-state index contributed by atoms with van der Waals surface area (Å²) in [7, 11) is 1.39. The standard InChI is InChI=1S/C37H42N4O8/c1-37(2,3)27-14-12-26(13-15-27)35(45)39-24-33(43)38-16-21-48-29-9-7-10-30(23-29)49-25-34(44)40-17-19-41(20-18-40)36(46)31-11-6-5-8-28(42)22-32(31)47-4/h6-15,23,42H,16-21,24-25H2,1-4H3,(H,38,43)(H,39,45). The molecular formula is C37H42N4O8. The molecule has 4 amide bonds. The minimum Gasteiger partial charge on any atom is -0.501 e. The summed E-state index contributed by atoms with van der Waals surface area (Å²) in [5, 5.41) is 15.2. The number of allylic oxidation sites excluding steroid dienone is 1. The fourth-order valence-corrected chi connectivity index (χ4v) is 4.91. The number of nitrogens with one attached hydrogen (secondary N) is 2. The molecule has 0 saturated carbocycles. The quantitative estimate of drug-likeness (QED) is 0.231. The van der Waals surface area contributed by atoms with Crippen molar-refractivity contribution in [2.24, 2.45) is 0 Å². The predicted molar refractivity (Wildman–Crippen MR) is 182 cm³/mol. The van der Waals surface area contributed by atoms with Crippen LogP contribution in [0.3, 0.4) is 0 Å². The van der Waals surface area contributed by atoms with Crippen molar-refractivity contribution in [1.82, 2.24) is 20.4 Å². The number of amides is 4. The van der Waals surface area contributed by atoms with E-state index >= 15 is 0 Å². The molecule has 12 heteroatoms. The molecule has 2 aromatic carbocycles. The van der Waals surface area contributed by atoms with Gasteiger partial charge in [0.25, 0.3) is 17.7 Å². The van der Waals surface area contributed by atoms with Crippen molar-refractivity contribution in [2.45, 2.75) is 26.2 Å². The zero-order valence-corrected chi connectivity index (χ0v) is 28.2. The smallest absolute Gasteiger partial charge is 0.260 e. The number of ether oxygens (including phenoxy) is 3. The van der Waals surface area contributed by atoms with Crippen molar-refractivity contribution in [2.75, 3.05) is 59.6 Å². The van der Waals surface area contributed by atoms with Gasteiger partial charge in [-0.05, 0) is 53.1 Å². The highest BCUT2D eigenvalue weighted by atomic mass is 16.5. The van der Waals surface area contributed by atoms with Crippen molar-refractivity contribution >= 4 is 23.6 Å². The van der Waals surface area contributed by atoms with Crippen LogP contribution in [0.25, 0.3) is 0 Å². The highest BCUT2D eigenvalue weighted by Gasteiger charge is 2.28. The first-order chi connectivity index (χ1) is 23.4. The first-order valence-corrected chi connectivity index (χ1v) is 15.9. The van der Waals surface area contributed by atoms with E-state index in [-0.39, 0.29) is 72.4 Å². The number of hydrogen-bond donors (Lipinski definition) is 3. The fourth-order valence-electron chi connectivity index (χ4n) is 4.91. The maximum Gasteiger partial charge on any atom is 0.260 e. The molecule has 0 aromatic heterocycles. The van der Waals surface area contributed by atoms with Crippen molar-refractivity contribution < 1.29 is 38.5 Å². The van der Waals surface area contributed by atoms with Crippen molar-refractivity contribution in [3.05, 3.63) is 106 Å². The number of hydrogen-bond acceptors (Lipinski definition) is 8. The molecule has 0 radical (unpaired) electrons. The van der Waals surface area contributed by atoms with E-state index in [1.165, 1.54) is 19.3 Å². The van der Waals surface area contributed by atoms with Gasteiger partial charge in [0.1, 0.15) is 18.1 Å². The first-order valence-electron chi connectivity index (χ1n) is 15.9. The Hall–Kier alpha value is -5.70. The Morgan fingerprint density at radius 3 is 2.27 bits per heavy atom. The summed E-state index contributed by atoms with van der Waals surface area (Å²) in [6.45, 7) is 7.62. The van der Waals surface area contributed by atoms with E-state index in [1.807, 2.05) is 12.1 Å². The van der Waals surface area contributed by atoms with Crippen LogP contribution in [0.4, 0.5) is 0 Å². The van der Waals surface area contributed by atoms with E-state index < -0.39 is 0 Å². The second-order valence-corrected chi connectivity index (χ2v) is 12.2. The van der Waals surface area contributed by atoms with Crippen LogP contribution in [0, 0.1) is 0 Å². The molecule has 49 heavy (non-hydrogen) atoms. The second kappa shape index (κ2) is 16.9. The van der Waals surface area contributed by atoms with Crippen LogP contribution in [0.1, 0.15) is 36.7 Å². The predicted octanol–water partition coefficient (Wildman–Crippen LogP) is 3.18.